The van der Waals surface area contributed by atoms with E-state index in [9.17, 15) is 18.0 Å². The average molecular weight is 549 g/mol. The van der Waals surface area contributed by atoms with Gasteiger partial charge in [0.15, 0.2) is 15.5 Å². The van der Waals surface area contributed by atoms with Gasteiger partial charge in [0.05, 0.1) is 17.2 Å². The third kappa shape index (κ3) is 7.58. The molecular weight excluding hydrogens is 516 g/mol. The van der Waals surface area contributed by atoms with E-state index < -0.39 is 27.6 Å². The molecule has 0 aliphatic heterocycles. The molecule has 0 saturated carbocycles. The topological polar surface area (TPSA) is 100 Å². The van der Waals surface area contributed by atoms with Crippen LogP contribution in [0.25, 0.3) is 16.0 Å². The number of carbonyl (C=O) groups is 2. The lowest BCUT2D eigenvalue weighted by molar-refractivity contribution is 0.0492. The molecule has 0 aliphatic rings. The van der Waals surface area contributed by atoms with Gasteiger partial charge in [-0.1, -0.05) is 49.4 Å². The number of urea groups is 1. The smallest absolute Gasteiger partial charge is 0.434 e. The van der Waals surface area contributed by atoms with E-state index in [4.69, 9.17) is 11.3 Å². The number of hydrazine groups is 1. The second-order valence-electron chi connectivity index (χ2n) is 9.82. The molecule has 0 heterocycles. The molecule has 0 radical (unpaired) electrons. The highest BCUT2D eigenvalue weighted by Crippen LogP contribution is 2.29. The van der Waals surface area contributed by atoms with E-state index in [-0.39, 0.29) is 11.4 Å². The maximum absolute atomic E-state index is 13.5. The molecule has 0 fully saturated rings. The van der Waals surface area contributed by atoms with Gasteiger partial charge in [0, 0.05) is 24.1 Å². The van der Waals surface area contributed by atoms with Gasteiger partial charge in [-0.15, -0.1) is 0 Å². The largest absolute Gasteiger partial charge is 0.442 e. The number of nitrogens with one attached hydrogen (secondary N) is 1. The monoisotopic (exact) mass is 548 g/mol. The molecular formula is C29H32N4O5S. The molecule has 3 rings (SSSR count). The molecule has 0 atom stereocenters. The van der Waals surface area contributed by atoms with Crippen LogP contribution in [-0.2, 0) is 14.6 Å². The van der Waals surface area contributed by atoms with Crippen molar-refractivity contribution in [3.8, 4) is 11.1 Å². The average Bonchev–Trinajstić information content (AvgIpc) is 2.87. The van der Waals surface area contributed by atoms with Crippen LogP contribution in [0, 0.1) is 6.57 Å². The first-order valence-electron chi connectivity index (χ1n) is 12.3. The van der Waals surface area contributed by atoms with Gasteiger partial charge >= 0.3 is 12.1 Å². The van der Waals surface area contributed by atoms with Crippen LogP contribution in [0.2, 0.25) is 0 Å². The Labute approximate surface area is 229 Å². The van der Waals surface area contributed by atoms with Gasteiger partial charge in [-0.05, 0) is 63.1 Å². The summed E-state index contributed by atoms with van der Waals surface area (Å²) in [6.45, 7) is 14.6. The number of carbonyl (C=O) groups excluding carboxylic acids is 2. The maximum atomic E-state index is 13.5. The van der Waals surface area contributed by atoms with Gasteiger partial charge in [0.1, 0.15) is 5.60 Å². The van der Waals surface area contributed by atoms with Crippen molar-refractivity contribution in [2.24, 2.45) is 0 Å². The molecule has 39 heavy (non-hydrogen) atoms. The highest BCUT2D eigenvalue weighted by molar-refractivity contribution is 7.90. The molecule has 0 bridgehead atoms. The summed E-state index contributed by atoms with van der Waals surface area (Å²) in [5.74, 6) is 0. The van der Waals surface area contributed by atoms with Gasteiger partial charge in [-0.2, -0.15) is 5.01 Å². The van der Waals surface area contributed by atoms with Crippen molar-refractivity contribution in [1.29, 1.82) is 0 Å². The Morgan fingerprint density at radius 2 is 1.67 bits per heavy atom. The zero-order valence-electron chi connectivity index (χ0n) is 22.6. The Balaban J connectivity index is 1.94. The summed E-state index contributed by atoms with van der Waals surface area (Å²) in [6, 6.07) is 19.3. The summed E-state index contributed by atoms with van der Waals surface area (Å²) in [5, 5.41) is 5.18. The van der Waals surface area contributed by atoms with Gasteiger partial charge < -0.3 is 10.1 Å². The standard InChI is InChI=1S/C29H32N4O5S/c1-7-19-32(33(28(35)38-29(2,3)4)24-12-10-11-23(20-24)30-5)27(34)31-22-17-15-21(16-18-22)25-13-8-9-14-26(25)39(6,36)37/h8-18,20H,7,19H2,1-4,6H3,(H,31,34). The van der Waals surface area contributed by atoms with E-state index in [1.54, 1.807) is 87.5 Å². The summed E-state index contributed by atoms with van der Waals surface area (Å²) >= 11 is 0. The molecule has 0 aliphatic carbocycles. The van der Waals surface area contributed by atoms with Crippen LogP contribution in [0.5, 0.6) is 0 Å². The minimum atomic E-state index is -3.43. The minimum Gasteiger partial charge on any atom is -0.442 e. The van der Waals surface area contributed by atoms with Crippen LogP contribution in [0.3, 0.4) is 0 Å². The normalized spacial score (nSPS) is 11.3. The Hall–Kier alpha value is -4.36. The summed E-state index contributed by atoms with van der Waals surface area (Å²) in [7, 11) is -3.43. The fraction of sp³-hybridized carbons (Fsp3) is 0.276. The predicted molar refractivity (Wildman–Crippen MR) is 152 cm³/mol. The summed E-state index contributed by atoms with van der Waals surface area (Å²) in [6.07, 6.45) is 0.935. The molecule has 0 saturated heterocycles. The maximum Gasteiger partial charge on any atom is 0.434 e. The molecule has 204 valence electrons. The third-order valence-electron chi connectivity index (χ3n) is 5.41. The summed E-state index contributed by atoms with van der Waals surface area (Å²) in [4.78, 5) is 30.5. The number of hydrogen-bond acceptors (Lipinski definition) is 5. The number of benzene rings is 3. The van der Waals surface area contributed by atoms with Crippen molar-refractivity contribution in [1.82, 2.24) is 5.01 Å². The van der Waals surface area contributed by atoms with Crippen LogP contribution in [-0.4, -0.2) is 44.0 Å². The Kier molecular flexibility index (Phi) is 8.99. The van der Waals surface area contributed by atoms with Crippen molar-refractivity contribution in [2.45, 2.75) is 44.6 Å². The lowest BCUT2D eigenvalue weighted by atomic mass is 10.1. The van der Waals surface area contributed by atoms with E-state index in [0.717, 1.165) is 11.3 Å². The number of hydrogen-bond donors (Lipinski definition) is 1. The van der Waals surface area contributed by atoms with E-state index in [1.807, 2.05) is 6.92 Å². The Morgan fingerprint density at radius 3 is 2.26 bits per heavy atom. The molecule has 1 N–H and O–H groups in total. The van der Waals surface area contributed by atoms with E-state index in [0.29, 0.717) is 34.6 Å². The number of anilines is 2. The van der Waals surface area contributed by atoms with Crippen molar-refractivity contribution in [3.63, 3.8) is 0 Å². The summed E-state index contributed by atoms with van der Waals surface area (Å²) < 4.78 is 30.0. The van der Waals surface area contributed by atoms with E-state index >= 15 is 0 Å². The van der Waals surface area contributed by atoms with Crippen LogP contribution in [0.4, 0.5) is 26.7 Å². The van der Waals surface area contributed by atoms with Gasteiger partial charge in [0.25, 0.3) is 0 Å². The first-order valence-corrected chi connectivity index (χ1v) is 14.2. The fourth-order valence-corrected chi connectivity index (χ4v) is 4.71. The molecule has 9 nitrogen and oxygen atoms in total. The van der Waals surface area contributed by atoms with Crippen LogP contribution in [0.1, 0.15) is 34.1 Å². The van der Waals surface area contributed by atoms with Crippen LogP contribution in [0.15, 0.2) is 77.7 Å². The van der Waals surface area contributed by atoms with E-state index in [1.165, 1.54) is 11.1 Å². The quantitative estimate of drug-likeness (QED) is 0.267. The van der Waals surface area contributed by atoms with Crippen LogP contribution < -0.4 is 10.3 Å². The number of ether oxygens (including phenoxy) is 1. The van der Waals surface area contributed by atoms with Crippen molar-refractivity contribution < 1.29 is 22.7 Å². The van der Waals surface area contributed by atoms with Gasteiger partial charge in [-0.25, -0.2) is 27.9 Å². The molecule has 3 amide bonds. The number of nitrogens with zero attached hydrogens (tertiary/aromatic N) is 3. The molecule has 0 unspecified atom stereocenters. The molecule has 10 heteroatoms. The number of sulfone groups is 1. The Bertz CT molecular complexity index is 1490. The highest BCUT2D eigenvalue weighted by Gasteiger charge is 2.31. The van der Waals surface area contributed by atoms with Gasteiger partial charge in [-0.3, -0.25) is 0 Å². The second kappa shape index (κ2) is 12.0. The second-order valence-corrected chi connectivity index (χ2v) is 11.8. The molecule has 0 aromatic heterocycles. The lowest BCUT2D eigenvalue weighted by Gasteiger charge is -2.35. The SMILES string of the molecule is [C-]#[N+]c1cccc(N(C(=O)OC(C)(C)C)N(CCC)C(=O)Nc2ccc(-c3ccccc3S(C)(=O)=O)cc2)c1. The fourth-order valence-electron chi connectivity index (χ4n) is 3.80. The predicted octanol–water partition coefficient (Wildman–Crippen LogP) is 6.91. The van der Waals surface area contributed by atoms with Crippen molar-refractivity contribution >= 4 is 39.0 Å². The van der Waals surface area contributed by atoms with Gasteiger partial charge in [0.2, 0.25) is 0 Å². The number of amides is 3. The first-order chi connectivity index (χ1) is 18.3. The zero-order chi connectivity index (χ0) is 28.8. The van der Waals surface area contributed by atoms with Crippen molar-refractivity contribution in [2.75, 3.05) is 23.1 Å². The minimum absolute atomic E-state index is 0.188. The zero-order valence-corrected chi connectivity index (χ0v) is 23.5. The molecule has 3 aromatic carbocycles. The lowest BCUT2D eigenvalue weighted by Crippen LogP contribution is -2.53. The molecule has 3 aromatic rings. The van der Waals surface area contributed by atoms with E-state index in [2.05, 4.69) is 10.2 Å². The van der Waals surface area contributed by atoms with Crippen LogP contribution >= 0.6 is 0 Å². The highest BCUT2D eigenvalue weighted by atomic mass is 32.2. The first kappa shape index (κ1) is 29.2. The third-order valence-corrected chi connectivity index (χ3v) is 6.57. The molecule has 0 spiro atoms. The van der Waals surface area contributed by atoms with Crippen molar-refractivity contribution in [3.05, 3.63) is 84.2 Å². The Morgan fingerprint density at radius 1 is 1.00 bits per heavy atom. The summed E-state index contributed by atoms with van der Waals surface area (Å²) in [5.41, 5.74) is 1.48. The number of rotatable bonds is 6.